The van der Waals surface area contributed by atoms with Crippen molar-refractivity contribution >= 4 is 40.8 Å². The van der Waals surface area contributed by atoms with Gasteiger partial charge in [-0.1, -0.05) is 40.2 Å². The van der Waals surface area contributed by atoms with Gasteiger partial charge in [-0.05, 0) is 65.3 Å². The van der Waals surface area contributed by atoms with Crippen molar-refractivity contribution in [2.24, 2.45) is 11.3 Å². The molecule has 0 radical (unpaired) electrons. The van der Waals surface area contributed by atoms with Gasteiger partial charge in [0.2, 0.25) is 15.9 Å². The van der Waals surface area contributed by atoms with Gasteiger partial charge < -0.3 is 10.1 Å². The SMILES string of the molecule is CC(=C[C@H](C(C)C)N(C)CC(C)(C)[C@@H](C=O)NC(=O)[C@@H]1CCCCN1C(C)C)C(=O)NS(=O)(=O)CCCS. The lowest BCUT2D eigenvalue weighted by atomic mass is 9.83. The molecule has 0 unspecified atom stereocenters. The van der Waals surface area contributed by atoms with E-state index in [0.717, 1.165) is 32.1 Å². The maximum absolute atomic E-state index is 13.2. The highest BCUT2D eigenvalue weighted by atomic mass is 32.2. The van der Waals surface area contributed by atoms with Crippen LogP contribution < -0.4 is 10.0 Å². The number of sulfonamides is 1. The molecule has 1 saturated heterocycles. The molecule has 1 fully saturated rings. The Morgan fingerprint density at radius 2 is 1.82 bits per heavy atom. The number of amides is 2. The van der Waals surface area contributed by atoms with Crippen LogP contribution in [0.2, 0.25) is 0 Å². The van der Waals surface area contributed by atoms with Crippen LogP contribution >= 0.6 is 12.6 Å². The van der Waals surface area contributed by atoms with Crippen LogP contribution in [0.5, 0.6) is 0 Å². The van der Waals surface area contributed by atoms with Gasteiger partial charge in [-0.25, -0.2) is 13.1 Å². The Balaban J connectivity index is 2.99. The molecular formula is C27H50N4O5S2. The Labute approximate surface area is 236 Å². The second-order valence-corrected chi connectivity index (χ2v) is 14.1. The van der Waals surface area contributed by atoms with E-state index in [1.54, 1.807) is 13.0 Å². The Kier molecular flexibility index (Phi) is 14.0. The third kappa shape index (κ3) is 10.6. The summed E-state index contributed by atoms with van der Waals surface area (Å²) in [5.41, 5.74) is -0.300. The number of thiol groups is 1. The van der Waals surface area contributed by atoms with E-state index in [9.17, 15) is 22.8 Å². The summed E-state index contributed by atoms with van der Waals surface area (Å²) in [4.78, 5) is 42.2. The molecule has 0 bridgehead atoms. The predicted octanol–water partition coefficient (Wildman–Crippen LogP) is 2.63. The van der Waals surface area contributed by atoms with Crippen molar-refractivity contribution in [1.29, 1.82) is 0 Å². The third-order valence-corrected chi connectivity index (χ3v) is 8.87. The van der Waals surface area contributed by atoms with Crippen LogP contribution in [-0.2, 0) is 24.4 Å². The highest BCUT2D eigenvalue weighted by Crippen LogP contribution is 2.26. The van der Waals surface area contributed by atoms with Gasteiger partial charge in [0, 0.05) is 29.6 Å². The topological polar surface area (TPSA) is 116 Å². The van der Waals surface area contributed by atoms with Gasteiger partial charge in [0.15, 0.2) is 0 Å². The molecule has 2 amide bonds. The van der Waals surface area contributed by atoms with Gasteiger partial charge in [-0.15, -0.1) is 0 Å². The fourth-order valence-corrected chi connectivity index (χ4v) is 6.49. The van der Waals surface area contributed by atoms with E-state index in [-0.39, 0.29) is 35.7 Å². The van der Waals surface area contributed by atoms with Crippen LogP contribution in [0.25, 0.3) is 0 Å². The monoisotopic (exact) mass is 574 g/mol. The van der Waals surface area contributed by atoms with Crippen molar-refractivity contribution in [3.05, 3.63) is 11.6 Å². The molecule has 0 aliphatic carbocycles. The minimum Gasteiger partial charge on any atom is -0.345 e. The summed E-state index contributed by atoms with van der Waals surface area (Å²) in [5.74, 6) is -0.406. The molecule has 1 aliphatic heterocycles. The number of hydrogen-bond acceptors (Lipinski definition) is 8. The number of rotatable bonds is 15. The number of likely N-dealkylation sites (N-methyl/N-ethyl adjacent to an activating group) is 1. The molecule has 9 nitrogen and oxygen atoms in total. The highest BCUT2D eigenvalue weighted by Gasteiger charge is 2.37. The highest BCUT2D eigenvalue weighted by molar-refractivity contribution is 7.90. The minimum absolute atomic E-state index is 0.102. The molecule has 220 valence electrons. The van der Waals surface area contributed by atoms with E-state index in [1.165, 1.54) is 0 Å². The first-order valence-corrected chi connectivity index (χ1v) is 15.9. The first kappa shape index (κ1) is 34.6. The smallest absolute Gasteiger partial charge is 0.260 e. The molecular weight excluding hydrogens is 524 g/mol. The second kappa shape index (κ2) is 15.4. The first-order valence-electron chi connectivity index (χ1n) is 13.6. The molecule has 2 N–H and O–H groups in total. The second-order valence-electron chi connectivity index (χ2n) is 11.8. The fraction of sp³-hybridized carbons (Fsp3) is 0.815. The van der Waals surface area contributed by atoms with Gasteiger partial charge in [0.25, 0.3) is 5.91 Å². The van der Waals surface area contributed by atoms with Crippen LogP contribution in [0.1, 0.15) is 74.1 Å². The summed E-state index contributed by atoms with van der Waals surface area (Å²) in [6, 6.07) is -0.877. The van der Waals surface area contributed by atoms with Gasteiger partial charge in [0.05, 0.1) is 17.8 Å². The van der Waals surface area contributed by atoms with E-state index >= 15 is 0 Å². The van der Waals surface area contributed by atoms with Gasteiger partial charge in [-0.3, -0.25) is 19.4 Å². The number of nitrogens with zero attached hydrogens (tertiary/aromatic N) is 2. The van der Waals surface area contributed by atoms with Crippen molar-refractivity contribution in [3.8, 4) is 0 Å². The maximum Gasteiger partial charge on any atom is 0.260 e. The van der Waals surface area contributed by atoms with Crippen LogP contribution in [0, 0.1) is 11.3 Å². The molecule has 0 aromatic carbocycles. The van der Waals surface area contributed by atoms with E-state index in [4.69, 9.17) is 0 Å². The predicted molar refractivity (Wildman–Crippen MR) is 157 cm³/mol. The zero-order valence-electron chi connectivity index (χ0n) is 24.5. The Morgan fingerprint density at radius 3 is 2.34 bits per heavy atom. The molecule has 1 aliphatic rings. The first-order chi connectivity index (χ1) is 17.6. The average Bonchev–Trinajstić information content (AvgIpc) is 2.83. The zero-order chi connectivity index (χ0) is 29.3. The van der Waals surface area contributed by atoms with Crippen molar-refractivity contribution in [1.82, 2.24) is 19.8 Å². The summed E-state index contributed by atoms with van der Waals surface area (Å²) in [6.45, 7) is 15.0. The lowest BCUT2D eigenvalue weighted by Gasteiger charge is -2.41. The van der Waals surface area contributed by atoms with Gasteiger partial charge >= 0.3 is 0 Å². The molecule has 1 heterocycles. The van der Waals surface area contributed by atoms with Crippen LogP contribution in [-0.4, -0.2) is 92.1 Å². The van der Waals surface area contributed by atoms with Crippen molar-refractivity contribution in [3.63, 3.8) is 0 Å². The van der Waals surface area contributed by atoms with Gasteiger partial charge in [-0.2, -0.15) is 12.6 Å². The van der Waals surface area contributed by atoms with Crippen molar-refractivity contribution in [2.75, 3.05) is 31.6 Å². The number of nitrogens with one attached hydrogen (secondary N) is 2. The molecule has 11 heteroatoms. The summed E-state index contributed by atoms with van der Waals surface area (Å²) < 4.78 is 26.4. The minimum atomic E-state index is -3.72. The number of piperidine rings is 1. The molecule has 0 aromatic heterocycles. The number of aldehydes is 1. The lowest BCUT2D eigenvalue weighted by Crippen LogP contribution is -2.58. The van der Waals surface area contributed by atoms with Gasteiger partial charge in [0.1, 0.15) is 6.29 Å². The number of likely N-dealkylation sites (tertiary alicyclic amines) is 1. The van der Waals surface area contributed by atoms with Crippen LogP contribution in [0.3, 0.4) is 0 Å². The Morgan fingerprint density at radius 1 is 1.18 bits per heavy atom. The number of hydrogen-bond donors (Lipinski definition) is 3. The standard InChI is InChI=1S/C27H50N4O5S2/c1-19(2)23(16-21(5)25(33)29-38(35,36)15-11-14-37)30(8)18-27(6,7)24(17-32)28-26(34)22-12-9-10-13-31(22)20(3)4/h16-17,19-20,22-24,37H,9-15,18H2,1-8H3,(H,28,34)(H,29,33)/t22-,23+,24+/m0/s1. The molecule has 0 spiro atoms. The van der Waals surface area contributed by atoms with Crippen LogP contribution in [0.4, 0.5) is 0 Å². The quantitative estimate of drug-likeness (QED) is 0.156. The van der Waals surface area contributed by atoms with E-state index < -0.39 is 27.4 Å². The molecule has 3 atom stereocenters. The Bertz CT molecular complexity index is 934. The average molecular weight is 575 g/mol. The van der Waals surface area contributed by atoms with Crippen molar-refractivity contribution in [2.45, 2.75) is 98.3 Å². The van der Waals surface area contributed by atoms with E-state index in [0.29, 0.717) is 24.3 Å². The summed E-state index contributed by atoms with van der Waals surface area (Å²) >= 11 is 4.02. The summed E-state index contributed by atoms with van der Waals surface area (Å²) in [7, 11) is -1.82. The molecule has 0 saturated carbocycles. The zero-order valence-corrected chi connectivity index (χ0v) is 26.2. The Hall–Kier alpha value is -1.43. The van der Waals surface area contributed by atoms with Crippen LogP contribution in [0.15, 0.2) is 11.6 Å². The maximum atomic E-state index is 13.2. The molecule has 1 rings (SSSR count). The normalized spacial score (nSPS) is 19.5. The number of carbonyl (C=O) groups is 3. The largest absolute Gasteiger partial charge is 0.345 e. The van der Waals surface area contributed by atoms with Crippen molar-refractivity contribution < 1.29 is 22.8 Å². The summed E-state index contributed by atoms with van der Waals surface area (Å²) in [5, 5.41) is 3.01. The fourth-order valence-electron chi connectivity index (χ4n) is 5.05. The third-order valence-electron chi connectivity index (χ3n) is 7.23. The molecule has 38 heavy (non-hydrogen) atoms. The molecule has 0 aromatic rings. The number of carbonyl (C=O) groups excluding carboxylic acids is 3. The van der Waals surface area contributed by atoms with E-state index in [2.05, 4.69) is 41.4 Å². The van der Waals surface area contributed by atoms with E-state index in [1.807, 2.05) is 39.6 Å². The summed E-state index contributed by atoms with van der Waals surface area (Å²) in [6.07, 6.45) is 5.76. The lowest BCUT2D eigenvalue weighted by molar-refractivity contribution is -0.132.